The molecule has 1 aromatic rings. The van der Waals surface area contributed by atoms with Crippen LogP contribution in [0.1, 0.15) is 31.9 Å². The third-order valence-corrected chi connectivity index (χ3v) is 2.35. The van der Waals surface area contributed by atoms with E-state index < -0.39 is 0 Å². The predicted octanol–water partition coefficient (Wildman–Crippen LogP) is 2.79. The molecule has 0 bridgehead atoms. The Bertz CT molecular complexity index is 458. The quantitative estimate of drug-likeness (QED) is 0.468. The predicted molar refractivity (Wildman–Crippen MR) is 90.7 cm³/mol. The Hall–Kier alpha value is -0.890. The average Bonchev–Trinajstić information content (AvgIpc) is 2.28. The van der Waals surface area contributed by atoms with Crippen LogP contribution in [-0.4, -0.2) is 18.6 Å². The van der Waals surface area contributed by atoms with E-state index in [9.17, 15) is 4.39 Å². The number of nitrogens with zero attached hydrogens (tertiary/aromatic N) is 1. The Balaban J connectivity index is 0.00000361. The molecule has 0 unspecified atom stereocenters. The maximum atomic E-state index is 13.4. The van der Waals surface area contributed by atoms with Crippen LogP contribution in [0.5, 0.6) is 0 Å². The summed E-state index contributed by atoms with van der Waals surface area (Å²) in [5, 5.41) is 3.07. The molecule has 1 aromatic carbocycles. The molecule has 3 N–H and O–H groups in total. The van der Waals surface area contributed by atoms with Gasteiger partial charge in [-0.15, -0.1) is 24.0 Å². The van der Waals surface area contributed by atoms with E-state index in [1.165, 1.54) is 13.2 Å². The molecule has 0 aliphatic rings. The normalized spacial score (nSPS) is 11.9. The molecule has 0 amide bonds. The van der Waals surface area contributed by atoms with Gasteiger partial charge < -0.3 is 15.8 Å². The molecule has 20 heavy (non-hydrogen) atoms. The molecule has 0 aliphatic carbocycles. The third-order valence-electron chi connectivity index (χ3n) is 2.35. The molecule has 4 nitrogen and oxygen atoms in total. The van der Waals surface area contributed by atoms with E-state index in [1.54, 1.807) is 12.1 Å². The van der Waals surface area contributed by atoms with Crippen LogP contribution < -0.4 is 11.1 Å². The number of aliphatic imine (C=N–C) groups is 1. The molecule has 0 spiro atoms. The zero-order valence-electron chi connectivity index (χ0n) is 12.4. The lowest BCUT2D eigenvalue weighted by Crippen LogP contribution is -2.44. The minimum Gasteiger partial charge on any atom is -0.380 e. The second kappa shape index (κ2) is 8.41. The lowest BCUT2D eigenvalue weighted by Gasteiger charge is -2.21. The molecule has 0 aromatic heterocycles. The van der Waals surface area contributed by atoms with E-state index in [1.807, 2.05) is 20.8 Å². The van der Waals surface area contributed by atoms with Crippen LogP contribution >= 0.6 is 24.0 Å². The molecule has 0 saturated carbocycles. The first-order chi connectivity index (χ1) is 8.81. The van der Waals surface area contributed by atoms with E-state index in [0.29, 0.717) is 18.1 Å². The second-order valence-corrected chi connectivity index (χ2v) is 5.44. The highest BCUT2D eigenvalue weighted by atomic mass is 127. The molecule has 6 heteroatoms. The minimum atomic E-state index is -0.268. The summed E-state index contributed by atoms with van der Waals surface area (Å²) in [6.07, 6.45) is 0. The fourth-order valence-corrected chi connectivity index (χ4v) is 1.59. The lowest BCUT2D eigenvalue weighted by atomic mass is 10.1. The van der Waals surface area contributed by atoms with Gasteiger partial charge in [-0.1, -0.05) is 6.07 Å². The fourth-order valence-electron chi connectivity index (χ4n) is 1.59. The van der Waals surface area contributed by atoms with Gasteiger partial charge >= 0.3 is 0 Å². The van der Waals surface area contributed by atoms with Gasteiger partial charge in [-0.3, -0.25) is 0 Å². The van der Waals surface area contributed by atoms with Crippen LogP contribution in [0, 0.1) is 5.82 Å². The molecule has 0 radical (unpaired) electrons. The number of hydrogen-bond donors (Lipinski definition) is 2. The van der Waals surface area contributed by atoms with Gasteiger partial charge in [0.2, 0.25) is 0 Å². The molecule has 0 heterocycles. The lowest BCUT2D eigenvalue weighted by molar-refractivity contribution is 0.181. The van der Waals surface area contributed by atoms with E-state index in [2.05, 4.69) is 10.3 Å². The van der Waals surface area contributed by atoms with E-state index in [0.717, 1.165) is 5.56 Å². The van der Waals surface area contributed by atoms with Crippen molar-refractivity contribution >= 4 is 29.9 Å². The highest BCUT2D eigenvalue weighted by molar-refractivity contribution is 14.0. The van der Waals surface area contributed by atoms with Crippen molar-refractivity contribution in [3.05, 3.63) is 35.1 Å². The Morgan fingerprint density at radius 3 is 2.60 bits per heavy atom. The van der Waals surface area contributed by atoms with E-state index in [4.69, 9.17) is 10.5 Å². The Labute approximate surface area is 137 Å². The molecule has 114 valence electrons. The summed E-state index contributed by atoms with van der Waals surface area (Å²) < 4.78 is 18.4. The second-order valence-electron chi connectivity index (χ2n) is 5.44. The summed E-state index contributed by atoms with van der Waals surface area (Å²) >= 11 is 0. The number of halogens is 2. The van der Waals surface area contributed by atoms with Gasteiger partial charge in [0.05, 0.1) is 13.2 Å². The van der Waals surface area contributed by atoms with Gasteiger partial charge in [0.1, 0.15) is 5.82 Å². The summed E-state index contributed by atoms with van der Waals surface area (Å²) in [6.45, 7) is 6.67. The number of guanidine groups is 1. The van der Waals surface area contributed by atoms with Crippen LogP contribution in [-0.2, 0) is 17.9 Å². The molecular formula is C14H23FIN3O. The molecule has 0 aliphatic heterocycles. The van der Waals surface area contributed by atoms with Gasteiger partial charge in [-0.25, -0.2) is 9.38 Å². The number of ether oxygens (including phenoxy) is 1. The van der Waals surface area contributed by atoms with Crippen LogP contribution in [0.15, 0.2) is 23.2 Å². The third kappa shape index (κ3) is 7.04. The number of methoxy groups -OCH3 is 1. The minimum absolute atomic E-state index is 0. The summed E-state index contributed by atoms with van der Waals surface area (Å²) in [4.78, 5) is 4.23. The molecule has 1 rings (SSSR count). The van der Waals surface area contributed by atoms with Gasteiger partial charge in [-0.2, -0.15) is 0 Å². The van der Waals surface area contributed by atoms with Crippen molar-refractivity contribution in [3.63, 3.8) is 0 Å². The maximum Gasteiger partial charge on any atom is 0.189 e. The van der Waals surface area contributed by atoms with Crippen LogP contribution in [0.2, 0.25) is 0 Å². The SMILES string of the molecule is COCc1cc(CN=C(N)NC(C)(C)C)ccc1F.I. The maximum absolute atomic E-state index is 13.4. The number of nitrogens with one attached hydrogen (secondary N) is 1. The van der Waals surface area contributed by atoms with Crippen LogP contribution in [0.25, 0.3) is 0 Å². The van der Waals surface area contributed by atoms with Crippen molar-refractivity contribution in [2.45, 2.75) is 39.5 Å². The Morgan fingerprint density at radius 1 is 1.40 bits per heavy atom. The summed E-state index contributed by atoms with van der Waals surface area (Å²) in [5.74, 6) is 0.112. The number of benzene rings is 1. The van der Waals surface area contributed by atoms with Crippen molar-refractivity contribution < 1.29 is 9.13 Å². The van der Waals surface area contributed by atoms with E-state index in [-0.39, 0.29) is 41.9 Å². The van der Waals surface area contributed by atoms with Gasteiger partial charge in [0, 0.05) is 18.2 Å². The number of rotatable bonds is 4. The van der Waals surface area contributed by atoms with Gasteiger partial charge in [0.25, 0.3) is 0 Å². The molecule has 0 fully saturated rings. The first-order valence-corrected chi connectivity index (χ1v) is 6.16. The first-order valence-electron chi connectivity index (χ1n) is 6.16. The number of nitrogens with two attached hydrogens (primary N) is 1. The Kier molecular flexibility index (Phi) is 8.03. The van der Waals surface area contributed by atoms with Crippen molar-refractivity contribution in [1.82, 2.24) is 5.32 Å². The molecule has 0 atom stereocenters. The largest absolute Gasteiger partial charge is 0.380 e. The van der Waals surface area contributed by atoms with Gasteiger partial charge in [-0.05, 0) is 38.5 Å². The van der Waals surface area contributed by atoms with Crippen LogP contribution in [0.3, 0.4) is 0 Å². The van der Waals surface area contributed by atoms with Crippen molar-refractivity contribution in [2.24, 2.45) is 10.7 Å². The highest BCUT2D eigenvalue weighted by Gasteiger charge is 2.09. The summed E-state index contributed by atoms with van der Waals surface area (Å²) in [6, 6.07) is 4.86. The zero-order valence-corrected chi connectivity index (χ0v) is 14.7. The van der Waals surface area contributed by atoms with E-state index >= 15 is 0 Å². The average molecular weight is 395 g/mol. The van der Waals surface area contributed by atoms with Gasteiger partial charge in [0.15, 0.2) is 5.96 Å². The zero-order chi connectivity index (χ0) is 14.5. The fraction of sp³-hybridized carbons (Fsp3) is 0.500. The smallest absolute Gasteiger partial charge is 0.189 e. The highest BCUT2D eigenvalue weighted by Crippen LogP contribution is 2.12. The first kappa shape index (κ1) is 19.1. The van der Waals surface area contributed by atoms with Crippen LogP contribution in [0.4, 0.5) is 4.39 Å². The van der Waals surface area contributed by atoms with Crippen molar-refractivity contribution in [1.29, 1.82) is 0 Å². The molecular weight excluding hydrogens is 372 g/mol. The standard InChI is InChI=1S/C14H22FN3O.HI/c1-14(2,3)18-13(16)17-8-10-5-6-12(15)11(7-10)9-19-4;/h5-7H,8-9H2,1-4H3,(H3,16,17,18);1H. The van der Waals surface area contributed by atoms with Crippen molar-refractivity contribution in [2.75, 3.05) is 7.11 Å². The Morgan fingerprint density at radius 2 is 2.05 bits per heavy atom. The number of hydrogen-bond acceptors (Lipinski definition) is 2. The summed E-state index contributed by atoms with van der Waals surface area (Å²) in [7, 11) is 1.54. The molecule has 0 saturated heterocycles. The topological polar surface area (TPSA) is 59.6 Å². The monoisotopic (exact) mass is 395 g/mol. The summed E-state index contributed by atoms with van der Waals surface area (Å²) in [5.41, 5.74) is 7.07. The van der Waals surface area contributed by atoms with Crippen molar-refractivity contribution in [3.8, 4) is 0 Å².